The smallest absolute Gasteiger partial charge is 0.157 e. The van der Waals surface area contributed by atoms with E-state index in [9.17, 15) is 25.3 Å². The molecule has 2 unspecified atom stereocenters. The summed E-state index contributed by atoms with van der Waals surface area (Å²) in [5.41, 5.74) is -1.05. The average molecular weight is 277 g/mol. The van der Waals surface area contributed by atoms with Crippen molar-refractivity contribution in [2.75, 3.05) is 0 Å². The first kappa shape index (κ1) is 14.1. The number of nitroso groups, excluding NO2 is 1. The number of rotatable bonds is 3. The van der Waals surface area contributed by atoms with E-state index >= 15 is 0 Å². The Morgan fingerprint density at radius 1 is 1.25 bits per heavy atom. The molecule has 2 rings (SSSR count). The summed E-state index contributed by atoms with van der Waals surface area (Å²) >= 11 is 0. The van der Waals surface area contributed by atoms with Gasteiger partial charge in [0.1, 0.15) is 11.5 Å². The van der Waals surface area contributed by atoms with Crippen LogP contribution in [0.1, 0.15) is 18.9 Å². The molecule has 0 radical (unpaired) electrons. The standard InChI is InChI=1S/C14H15NO5/c1-14(19,9-3-5-11(16)13(18)7-9)8-2-4-10(15-20)12(17)6-8/h3-8,16-19H,2H2,1H3. The fraction of sp³-hybridized carbons (Fsp3) is 0.286. The lowest BCUT2D eigenvalue weighted by Crippen LogP contribution is -2.31. The lowest BCUT2D eigenvalue weighted by Gasteiger charge is -2.32. The summed E-state index contributed by atoms with van der Waals surface area (Å²) < 4.78 is 0. The molecule has 20 heavy (non-hydrogen) atoms. The van der Waals surface area contributed by atoms with E-state index in [1.54, 1.807) is 0 Å². The number of benzene rings is 1. The molecule has 0 aliphatic heterocycles. The van der Waals surface area contributed by atoms with Crippen LogP contribution in [0.5, 0.6) is 11.5 Å². The van der Waals surface area contributed by atoms with Crippen LogP contribution in [0.4, 0.5) is 0 Å². The Labute approximate surface area is 115 Å². The van der Waals surface area contributed by atoms with Gasteiger partial charge in [0.2, 0.25) is 0 Å². The Balaban J connectivity index is 2.34. The van der Waals surface area contributed by atoms with E-state index in [1.807, 2.05) is 0 Å². The number of phenols is 2. The van der Waals surface area contributed by atoms with Crippen molar-refractivity contribution in [1.82, 2.24) is 0 Å². The van der Waals surface area contributed by atoms with Crippen molar-refractivity contribution in [3.8, 4) is 11.5 Å². The molecule has 106 valence electrons. The van der Waals surface area contributed by atoms with Crippen LogP contribution in [0.3, 0.4) is 0 Å². The first-order chi connectivity index (χ1) is 9.36. The van der Waals surface area contributed by atoms with Crippen molar-refractivity contribution in [1.29, 1.82) is 0 Å². The second-order valence-corrected chi connectivity index (χ2v) is 4.93. The molecule has 0 saturated carbocycles. The van der Waals surface area contributed by atoms with E-state index in [1.165, 1.54) is 37.3 Å². The fourth-order valence-corrected chi connectivity index (χ4v) is 2.22. The SMILES string of the molecule is CC(O)(c1ccc(O)c(O)c1)C1C=C(O)C(N=O)=CC1. The Morgan fingerprint density at radius 3 is 2.50 bits per heavy atom. The first-order valence-electron chi connectivity index (χ1n) is 6.05. The van der Waals surface area contributed by atoms with Gasteiger partial charge in [0.15, 0.2) is 11.5 Å². The average Bonchev–Trinajstić information content (AvgIpc) is 2.41. The highest BCUT2D eigenvalue weighted by Gasteiger charge is 2.34. The molecule has 0 bridgehead atoms. The maximum Gasteiger partial charge on any atom is 0.157 e. The highest BCUT2D eigenvalue weighted by atomic mass is 16.3. The molecule has 1 aliphatic rings. The Hall–Kier alpha value is -2.34. The van der Waals surface area contributed by atoms with Crippen molar-refractivity contribution < 1.29 is 20.4 Å². The second kappa shape index (κ2) is 4.97. The fourth-order valence-electron chi connectivity index (χ4n) is 2.22. The number of allylic oxidation sites excluding steroid dienone is 1. The topological polar surface area (TPSA) is 110 Å². The molecular formula is C14H15NO5. The van der Waals surface area contributed by atoms with Crippen LogP contribution < -0.4 is 0 Å². The predicted octanol–water partition coefficient (Wildman–Crippen LogP) is 2.42. The minimum atomic E-state index is -1.38. The number of hydrogen-bond acceptors (Lipinski definition) is 6. The lowest BCUT2D eigenvalue weighted by atomic mass is 9.78. The number of aliphatic hydroxyl groups is 2. The van der Waals surface area contributed by atoms with Gasteiger partial charge in [-0.25, -0.2) is 0 Å². The highest BCUT2D eigenvalue weighted by molar-refractivity contribution is 5.43. The van der Waals surface area contributed by atoms with Gasteiger partial charge in [0.25, 0.3) is 0 Å². The van der Waals surface area contributed by atoms with E-state index < -0.39 is 11.5 Å². The molecule has 1 aromatic carbocycles. The summed E-state index contributed by atoms with van der Waals surface area (Å²) in [6.45, 7) is 1.53. The number of aromatic hydroxyl groups is 2. The van der Waals surface area contributed by atoms with E-state index in [2.05, 4.69) is 5.18 Å². The van der Waals surface area contributed by atoms with Gasteiger partial charge in [-0.15, -0.1) is 4.91 Å². The molecule has 1 aliphatic carbocycles. The number of nitrogens with zero attached hydrogens (tertiary/aromatic N) is 1. The first-order valence-corrected chi connectivity index (χ1v) is 6.05. The van der Waals surface area contributed by atoms with Crippen molar-refractivity contribution in [2.45, 2.75) is 18.9 Å². The van der Waals surface area contributed by atoms with E-state index in [0.717, 1.165) is 0 Å². The maximum atomic E-state index is 10.6. The zero-order valence-electron chi connectivity index (χ0n) is 10.8. The summed E-state index contributed by atoms with van der Waals surface area (Å²) in [6, 6.07) is 4.02. The molecule has 6 nitrogen and oxygen atoms in total. The molecule has 1 aromatic rings. The van der Waals surface area contributed by atoms with Gasteiger partial charge in [-0.1, -0.05) is 12.1 Å². The van der Waals surface area contributed by atoms with Gasteiger partial charge < -0.3 is 20.4 Å². The quantitative estimate of drug-likeness (QED) is 0.501. The number of phenolic OH excluding ortho intramolecular Hbond substituents is 2. The van der Waals surface area contributed by atoms with Crippen LogP contribution in [0.25, 0.3) is 0 Å². The maximum absolute atomic E-state index is 10.6. The summed E-state index contributed by atoms with van der Waals surface area (Å²) in [7, 11) is 0. The van der Waals surface area contributed by atoms with E-state index in [0.29, 0.717) is 12.0 Å². The van der Waals surface area contributed by atoms with E-state index in [-0.39, 0.29) is 23.0 Å². The predicted molar refractivity (Wildman–Crippen MR) is 72.0 cm³/mol. The largest absolute Gasteiger partial charge is 0.506 e. The molecule has 6 heteroatoms. The van der Waals surface area contributed by atoms with Crippen molar-refractivity contribution >= 4 is 0 Å². The molecular weight excluding hydrogens is 262 g/mol. The third-order valence-electron chi connectivity index (χ3n) is 3.57. The van der Waals surface area contributed by atoms with Crippen LogP contribution in [-0.4, -0.2) is 20.4 Å². The van der Waals surface area contributed by atoms with Gasteiger partial charge in [-0.05, 0) is 42.3 Å². The summed E-state index contributed by atoms with van der Waals surface area (Å²) in [5, 5.41) is 41.7. The molecule has 0 amide bonds. The third kappa shape index (κ3) is 2.37. The zero-order valence-corrected chi connectivity index (χ0v) is 10.8. The Morgan fingerprint density at radius 2 is 1.95 bits per heavy atom. The van der Waals surface area contributed by atoms with Crippen LogP contribution in [0, 0.1) is 10.8 Å². The molecule has 0 saturated heterocycles. The van der Waals surface area contributed by atoms with Crippen molar-refractivity contribution in [2.24, 2.45) is 11.1 Å². The number of hydrogen-bond donors (Lipinski definition) is 4. The summed E-state index contributed by atoms with van der Waals surface area (Å²) in [4.78, 5) is 10.4. The van der Waals surface area contributed by atoms with Crippen LogP contribution >= 0.6 is 0 Å². The Kier molecular flexibility index (Phi) is 3.50. The van der Waals surface area contributed by atoms with Crippen molar-refractivity contribution in [3.05, 3.63) is 52.3 Å². The van der Waals surface area contributed by atoms with Gasteiger partial charge in [-0.2, -0.15) is 0 Å². The molecule has 2 atom stereocenters. The lowest BCUT2D eigenvalue weighted by molar-refractivity contribution is 0.0123. The molecule has 0 heterocycles. The normalized spacial score (nSPS) is 21.6. The van der Waals surface area contributed by atoms with Gasteiger partial charge in [0, 0.05) is 5.92 Å². The number of aliphatic hydroxyl groups excluding tert-OH is 1. The van der Waals surface area contributed by atoms with Crippen LogP contribution in [0.15, 0.2) is 47.0 Å². The zero-order chi connectivity index (χ0) is 14.9. The second-order valence-electron chi connectivity index (χ2n) is 4.93. The minimum absolute atomic E-state index is 0.0504. The van der Waals surface area contributed by atoms with Crippen LogP contribution in [0.2, 0.25) is 0 Å². The van der Waals surface area contributed by atoms with Gasteiger partial charge in [0.05, 0.1) is 5.60 Å². The summed E-state index contributed by atoms with van der Waals surface area (Å²) in [5.74, 6) is -1.38. The molecule has 0 fully saturated rings. The molecule has 0 aromatic heterocycles. The van der Waals surface area contributed by atoms with Crippen molar-refractivity contribution in [3.63, 3.8) is 0 Å². The third-order valence-corrected chi connectivity index (χ3v) is 3.57. The van der Waals surface area contributed by atoms with Gasteiger partial charge in [-0.3, -0.25) is 0 Å². The monoisotopic (exact) mass is 277 g/mol. The summed E-state index contributed by atoms with van der Waals surface area (Å²) in [6.07, 6.45) is 3.13. The van der Waals surface area contributed by atoms with E-state index in [4.69, 9.17) is 0 Å². The molecule has 4 N–H and O–H groups in total. The minimum Gasteiger partial charge on any atom is -0.506 e. The van der Waals surface area contributed by atoms with Gasteiger partial charge >= 0.3 is 0 Å². The highest BCUT2D eigenvalue weighted by Crippen LogP contribution is 2.39. The Bertz CT molecular complexity index is 604. The molecule has 0 spiro atoms. The van der Waals surface area contributed by atoms with Crippen LogP contribution in [-0.2, 0) is 5.60 Å².